The van der Waals surface area contributed by atoms with Crippen LogP contribution in [-0.4, -0.2) is 22.8 Å². The molecule has 0 aromatic heterocycles. The second-order valence-electron chi connectivity index (χ2n) is 4.91. The molecular formula is C17H15ClN4O3S. The van der Waals surface area contributed by atoms with Crippen LogP contribution in [0.25, 0.3) is 0 Å². The molecule has 7 nitrogen and oxygen atoms in total. The molecule has 0 atom stereocenters. The number of hydrogen-bond acceptors (Lipinski definition) is 5. The zero-order valence-electron chi connectivity index (χ0n) is 13.5. The molecule has 0 saturated carbocycles. The van der Waals surface area contributed by atoms with Gasteiger partial charge in [0.2, 0.25) is 5.75 Å². The van der Waals surface area contributed by atoms with Gasteiger partial charge in [0.05, 0.1) is 11.1 Å². The minimum atomic E-state index is -0.544. The van der Waals surface area contributed by atoms with Crippen LogP contribution in [-0.2, 0) is 0 Å². The van der Waals surface area contributed by atoms with Crippen molar-refractivity contribution < 1.29 is 9.66 Å². The fraction of sp³-hybridized carbons (Fsp3) is 0.0588. The summed E-state index contributed by atoms with van der Waals surface area (Å²) in [5, 5.41) is 18.6. The average molecular weight is 391 g/mol. The molecular weight excluding hydrogens is 376 g/mol. The number of nitrogens with one attached hydrogen (secondary N) is 2. The van der Waals surface area contributed by atoms with Gasteiger partial charge in [-0.3, -0.25) is 15.5 Å². The van der Waals surface area contributed by atoms with Crippen molar-refractivity contribution in [2.24, 2.45) is 5.10 Å². The van der Waals surface area contributed by atoms with E-state index < -0.39 is 4.92 Å². The van der Waals surface area contributed by atoms with Crippen molar-refractivity contribution in [2.75, 3.05) is 6.54 Å². The number of hydrogen-bond donors (Lipinski definition) is 2. The molecule has 2 aromatic rings. The lowest BCUT2D eigenvalue weighted by Crippen LogP contribution is -2.31. The van der Waals surface area contributed by atoms with Crippen LogP contribution < -0.4 is 15.5 Å². The monoisotopic (exact) mass is 390 g/mol. The number of halogens is 1. The molecule has 0 aliphatic carbocycles. The smallest absolute Gasteiger partial charge is 0.313 e. The first-order valence-electron chi connectivity index (χ1n) is 7.39. The third kappa shape index (κ3) is 5.83. The Morgan fingerprint density at radius 3 is 2.73 bits per heavy atom. The summed E-state index contributed by atoms with van der Waals surface area (Å²) >= 11 is 10.8. The van der Waals surface area contributed by atoms with Gasteiger partial charge < -0.3 is 10.1 Å². The number of thiocarbonyl (C=S) groups is 1. The minimum Gasteiger partial charge on any atom is -0.450 e. The van der Waals surface area contributed by atoms with Crippen LogP contribution in [0.5, 0.6) is 11.5 Å². The summed E-state index contributed by atoms with van der Waals surface area (Å²) in [4.78, 5) is 10.5. The Bertz CT molecular complexity index is 840. The normalized spacial score (nSPS) is 10.3. The lowest BCUT2D eigenvalue weighted by molar-refractivity contribution is -0.385. The Hall–Kier alpha value is -2.97. The molecule has 0 fully saturated rings. The van der Waals surface area contributed by atoms with Gasteiger partial charge in [-0.05, 0) is 54.2 Å². The highest BCUT2D eigenvalue weighted by molar-refractivity contribution is 7.80. The highest BCUT2D eigenvalue weighted by Gasteiger charge is 2.16. The third-order valence-electron chi connectivity index (χ3n) is 3.01. The highest BCUT2D eigenvalue weighted by Crippen LogP contribution is 2.33. The van der Waals surface area contributed by atoms with Gasteiger partial charge in [-0.25, -0.2) is 0 Å². The fourth-order valence-electron chi connectivity index (χ4n) is 1.84. The van der Waals surface area contributed by atoms with Gasteiger partial charge in [-0.15, -0.1) is 6.58 Å². The van der Waals surface area contributed by atoms with Crippen molar-refractivity contribution in [3.05, 3.63) is 75.8 Å². The first-order valence-corrected chi connectivity index (χ1v) is 8.18. The number of benzene rings is 2. The zero-order valence-corrected chi connectivity index (χ0v) is 15.1. The molecule has 0 heterocycles. The molecule has 0 unspecified atom stereocenters. The first-order chi connectivity index (χ1) is 12.5. The van der Waals surface area contributed by atoms with Crippen LogP contribution in [0.15, 0.2) is 60.2 Å². The van der Waals surface area contributed by atoms with E-state index in [0.29, 0.717) is 17.4 Å². The quantitative estimate of drug-likeness (QED) is 0.244. The fourth-order valence-corrected chi connectivity index (χ4v) is 2.14. The number of hydrazone groups is 1. The van der Waals surface area contributed by atoms with Gasteiger partial charge in [0.25, 0.3) is 0 Å². The molecule has 134 valence electrons. The molecule has 0 saturated heterocycles. The van der Waals surface area contributed by atoms with Crippen molar-refractivity contribution in [3.8, 4) is 11.5 Å². The van der Waals surface area contributed by atoms with Crippen LogP contribution in [0.3, 0.4) is 0 Å². The zero-order chi connectivity index (χ0) is 18.9. The Morgan fingerprint density at radius 2 is 2.08 bits per heavy atom. The van der Waals surface area contributed by atoms with E-state index in [1.165, 1.54) is 18.2 Å². The Morgan fingerprint density at radius 1 is 1.35 bits per heavy atom. The molecule has 0 radical (unpaired) electrons. The molecule has 0 aliphatic rings. The second kappa shape index (κ2) is 9.50. The summed E-state index contributed by atoms with van der Waals surface area (Å²) in [6, 6.07) is 11.1. The maximum atomic E-state index is 11.1. The first kappa shape index (κ1) is 19.4. The van der Waals surface area contributed by atoms with Crippen molar-refractivity contribution in [1.29, 1.82) is 0 Å². The number of nitro groups is 1. The van der Waals surface area contributed by atoms with E-state index >= 15 is 0 Å². The summed E-state index contributed by atoms with van der Waals surface area (Å²) in [6.45, 7) is 4.12. The molecule has 2 N–H and O–H groups in total. The van der Waals surface area contributed by atoms with Crippen LogP contribution in [0.2, 0.25) is 5.02 Å². The predicted octanol–water partition coefficient (Wildman–Crippen LogP) is 4.02. The topological polar surface area (TPSA) is 88.8 Å². The number of rotatable bonds is 7. The maximum absolute atomic E-state index is 11.1. The second-order valence-corrected chi connectivity index (χ2v) is 5.75. The van der Waals surface area contributed by atoms with Crippen LogP contribution >= 0.6 is 23.8 Å². The van der Waals surface area contributed by atoms with Crippen molar-refractivity contribution in [1.82, 2.24) is 10.7 Å². The summed E-state index contributed by atoms with van der Waals surface area (Å²) in [5.41, 5.74) is 3.26. The molecule has 2 aromatic carbocycles. The minimum absolute atomic E-state index is 0.112. The highest BCUT2D eigenvalue weighted by atomic mass is 35.5. The maximum Gasteiger partial charge on any atom is 0.313 e. The standard InChI is InChI=1S/C17H15ClN4O3S/c1-2-9-19-17(26)21-20-11-12-3-6-14(7-4-12)25-16-8-5-13(18)10-15(16)22(23)24/h2-8,10-11H,1,9H2,(H2,19,21,26)/b20-11-. The molecule has 0 spiro atoms. The van der Waals surface area contributed by atoms with E-state index in [1.54, 1.807) is 36.6 Å². The van der Waals surface area contributed by atoms with E-state index in [-0.39, 0.29) is 16.5 Å². The van der Waals surface area contributed by atoms with Gasteiger partial charge in [-0.1, -0.05) is 17.7 Å². The van der Waals surface area contributed by atoms with Gasteiger partial charge in [0.15, 0.2) is 5.11 Å². The van der Waals surface area contributed by atoms with Gasteiger partial charge in [0, 0.05) is 17.6 Å². The van der Waals surface area contributed by atoms with Crippen molar-refractivity contribution in [3.63, 3.8) is 0 Å². The number of nitro benzene ring substituents is 1. The molecule has 0 amide bonds. The Balaban J connectivity index is 2.01. The van der Waals surface area contributed by atoms with Crippen LogP contribution in [0.4, 0.5) is 5.69 Å². The van der Waals surface area contributed by atoms with E-state index in [9.17, 15) is 10.1 Å². The van der Waals surface area contributed by atoms with E-state index in [4.69, 9.17) is 28.6 Å². The van der Waals surface area contributed by atoms with Crippen LogP contribution in [0.1, 0.15) is 5.56 Å². The van der Waals surface area contributed by atoms with Crippen molar-refractivity contribution in [2.45, 2.75) is 0 Å². The van der Waals surface area contributed by atoms with Crippen molar-refractivity contribution >= 4 is 40.8 Å². The Labute approximate surface area is 160 Å². The largest absolute Gasteiger partial charge is 0.450 e. The predicted molar refractivity (Wildman–Crippen MR) is 106 cm³/mol. The van der Waals surface area contributed by atoms with Gasteiger partial charge >= 0.3 is 5.69 Å². The van der Waals surface area contributed by atoms with Gasteiger partial charge in [-0.2, -0.15) is 5.10 Å². The molecule has 9 heteroatoms. The molecule has 2 rings (SSSR count). The summed E-state index contributed by atoms with van der Waals surface area (Å²) < 4.78 is 5.57. The molecule has 0 aliphatic heterocycles. The molecule has 0 bridgehead atoms. The average Bonchev–Trinajstić information content (AvgIpc) is 2.62. The number of ether oxygens (including phenoxy) is 1. The lowest BCUT2D eigenvalue weighted by Gasteiger charge is -2.07. The lowest BCUT2D eigenvalue weighted by atomic mass is 10.2. The van der Waals surface area contributed by atoms with E-state index in [2.05, 4.69) is 22.4 Å². The van der Waals surface area contributed by atoms with E-state index in [1.807, 2.05) is 0 Å². The SMILES string of the molecule is C=CCNC(=S)N/N=C\c1ccc(Oc2ccc(Cl)cc2[N+](=O)[O-])cc1. The van der Waals surface area contributed by atoms with Crippen LogP contribution in [0, 0.1) is 10.1 Å². The van der Waals surface area contributed by atoms with E-state index in [0.717, 1.165) is 5.56 Å². The third-order valence-corrected chi connectivity index (χ3v) is 3.48. The summed E-state index contributed by atoms with van der Waals surface area (Å²) in [7, 11) is 0. The summed E-state index contributed by atoms with van der Waals surface area (Å²) in [6.07, 6.45) is 3.26. The molecule has 26 heavy (non-hydrogen) atoms. The van der Waals surface area contributed by atoms with Gasteiger partial charge in [0.1, 0.15) is 5.75 Å². The Kier molecular flexibility index (Phi) is 7.07. The number of nitrogens with zero attached hydrogens (tertiary/aromatic N) is 2. The summed E-state index contributed by atoms with van der Waals surface area (Å²) in [5.74, 6) is 0.560.